The highest BCUT2D eigenvalue weighted by Crippen LogP contribution is 2.27. The smallest absolute Gasteiger partial charge is 0.176 e. The van der Waals surface area contributed by atoms with Gasteiger partial charge in [-0.1, -0.05) is 0 Å². The van der Waals surface area contributed by atoms with Crippen molar-refractivity contribution in [2.24, 2.45) is 0 Å². The van der Waals surface area contributed by atoms with Gasteiger partial charge in [-0.2, -0.15) is 5.10 Å². The zero-order valence-corrected chi connectivity index (χ0v) is 13.8. The van der Waals surface area contributed by atoms with Crippen LogP contribution in [0.3, 0.4) is 0 Å². The number of pyridine rings is 1. The van der Waals surface area contributed by atoms with E-state index in [-0.39, 0.29) is 11.6 Å². The molecule has 3 aromatic heterocycles. The van der Waals surface area contributed by atoms with Crippen LogP contribution in [-0.4, -0.2) is 25.7 Å². The number of aryl methyl sites for hydroxylation is 1. The predicted molar refractivity (Wildman–Crippen MR) is 89.0 cm³/mol. The van der Waals surface area contributed by atoms with E-state index in [1.807, 2.05) is 47.3 Å². The third kappa shape index (κ3) is 2.38. The summed E-state index contributed by atoms with van der Waals surface area (Å²) < 4.78 is 3.77. The molecule has 0 N–H and O–H groups in total. The van der Waals surface area contributed by atoms with Gasteiger partial charge >= 0.3 is 0 Å². The van der Waals surface area contributed by atoms with Crippen LogP contribution in [0.2, 0.25) is 0 Å². The number of hydrogen-bond donors (Lipinski definition) is 0. The van der Waals surface area contributed by atoms with Crippen LogP contribution in [0.4, 0.5) is 0 Å². The molecule has 0 aliphatic carbocycles. The number of carbonyl (C=O) groups excluding carboxylic acids is 2. The monoisotopic (exact) mass is 309 g/mol. The topological polar surface area (TPSA) is 56.4 Å². The molecule has 0 atom stereocenters. The molecular weight excluding hydrogens is 290 g/mol. The maximum atomic E-state index is 12.1. The summed E-state index contributed by atoms with van der Waals surface area (Å²) >= 11 is 0. The molecule has 23 heavy (non-hydrogen) atoms. The van der Waals surface area contributed by atoms with Crippen LogP contribution in [0.5, 0.6) is 0 Å². The maximum Gasteiger partial charge on any atom is 0.176 e. The zero-order chi connectivity index (χ0) is 16.7. The summed E-state index contributed by atoms with van der Waals surface area (Å²) in [5.74, 6) is -0.0874. The lowest BCUT2D eigenvalue weighted by molar-refractivity contribution is 0.101. The first-order valence-electron chi connectivity index (χ1n) is 7.63. The Hall–Kier alpha value is -2.69. The summed E-state index contributed by atoms with van der Waals surface area (Å²) in [5, 5.41) is 4.29. The second-order valence-corrected chi connectivity index (χ2v) is 5.70. The minimum atomic E-state index is -0.0539. The Labute approximate surface area is 134 Å². The molecule has 118 valence electrons. The number of ketones is 2. The summed E-state index contributed by atoms with van der Waals surface area (Å²) in [6, 6.07) is 5.78. The third-order valence-corrected chi connectivity index (χ3v) is 4.17. The van der Waals surface area contributed by atoms with E-state index in [4.69, 9.17) is 0 Å². The number of aromatic nitrogens is 3. The van der Waals surface area contributed by atoms with Gasteiger partial charge in [-0.3, -0.25) is 14.3 Å². The van der Waals surface area contributed by atoms with Crippen molar-refractivity contribution >= 4 is 17.1 Å². The first kappa shape index (κ1) is 15.2. The highest BCUT2D eigenvalue weighted by molar-refractivity contribution is 6.02. The van der Waals surface area contributed by atoms with Gasteiger partial charge in [0.2, 0.25) is 0 Å². The van der Waals surface area contributed by atoms with Gasteiger partial charge in [0.15, 0.2) is 11.6 Å². The molecule has 3 heterocycles. The summed E-state index contributed by atoms with van der Waals surface area (Å²) in [7, 11) is 0. The molecule has 3 rings (SSSR count). The molecule has 0 saturated heterocycles. The number of fused-ring (bicyclic) bond motifs is 1. The van der Waals surface area contributed by atoms with Crippen molar-refractivity contribution in [2.75, 3.05) is 0 Å². The van der Waals surface area contributed by atoms with Gasteiger partial charge in [-0.15, -0.1) is 0 Å². The van der Waals surface area contributed by atoms with Crippen LogP contribution >= 0.6 is 0 Å². The molecule has 0 amide bonds. The second-order valence-electron chi connectivity index (χ2n) is 5.70. The van der Waals surface area contributed by atoms with Crippen LogP contribution in [0.15, 0.2) is 30.6 Å². The molecule has 3 aromatic rings. The molecule has 0 fully saturated rings. The maximum absolute atomic E-state index is 12.1. The van der Waals surface area contributed by atoms with Crippen LogP contribution in [0, 0.1) is 6.92 Å². The van der Waals surface area contributed by atoms with Gasteiger partial charge in [-0.25, -0.2) is 0 Å². The Morgan fingerprint density at radius 2 is 1.91 bits per heavy atom. The zero-order valence-electron chi connectivity index (χ0n) is 13.8. The van der Waals surface area contributed by atoms with Gasteiger partial charge in [0.05, 0.1) is 11.4 Å². The normalized spacial score (nSPS) is 11.1. The highest BCUT2D eigenvalue weighted by atomic mass is 16.1. The van der Waals surface area contributed by atoms with E-state index in [2.05, 4.69) is 5.10 Å². The van der Waals surface area contributed by atoms with Crippen molar-refractivity contribution in [3.63, 3.8) is 0 Å². The summed E-state index contributed by atoms with van der Waals surface area (Å²) in [6.45, 7) is 7.68. The predicted octanol–water partition coefficient (Wildman–Crippen LogP) is 3.54. The van der Waals surface area contributed by atoms with Crippen molar-refractivity contribution in [1.29, 1.82) is 0 Å². The Kier molecular flexibility index (Phi) is 3.64. The van der Waals surface area contributed by atoms with Crippen LogP contribution < -0.4 is 0 Å². The quantitative estimate of drug-likeness (QED) is 0.693. The molecule has 0 spiro atoms. The van der Waals surface area contributed by atoms with Gasteiger partial charge in [-0.05, 0) is 44.5 Å². The molecule has 5 heteroatoms. The molecule has 0 unspecified atom stereocenters. The molecule has 0 radical (unpaired) electrons. The van der Waals surface area contributed by atoms with Crippen molar-refractivity contribution < 1.29 is 9.59 Å². The van der Waals surface area contributed by atoms with Gasteiger partial charge in [0.1, 0.15) is 0 Å². The number of Topliss-reactive ketones (excluding diaryl/α,β-unsaturated/α-hetero) is 2. The van der Waals surface area contributed by atoms with E-state index in [1.54, 1.807) is 6.20 Å². The minimum Gasteiger partial charge on any atom is -0.313 e. The van der Waals surface area contributed by atoms with E-state index >= 15 is 0 Å². The number of nitrogens with zero attached hydrogens (tertiary/aromatic N) is 3. The van der Waals surface area contributed by atoms with E-state index in [9.17, 15) is 9.59 Å². The summed E-state index contributed by atoms with van der Waals surface area (Å²) in [6.07, 6.45) is 3.70. The number of hydrogen-bond acceptors (Lipinski definition) is 3. The molecular formula is C18H19N3O2. The average Bonchev–Trinajstić information content (AvgIpc) is 3.10. The van der Waals surface area contributed by atoms with E-state index in [0.29, 0.717) is 11.3 Å². The lowest BCUT2D eigenvalue weighted by Crippen LogP contribution is -2.09. The first-order chi connectivity index (χ1) is 10.9. The third-order valence-electron chi connectivity index (χ3n) is 4.17. The van der Waals surface area contributed by atoms with Crippen molar-refractivity contribution in [2.45, 2.75) is 34.2 Å². The molecule has 0 saturated carbocycles. The van der Waals surface area contributed by atoms with Gasteiger partial charge in [0, 0.05) is 42.5 Å². The standard InChI is InChI=1S/C18H19N3O2/c1-5-21-17(6-7-19-21)14-8-15-9-16(12(3)22)11(2)18(13(4)23)20(15)10-14/h6-10H,5H2,1-4H3. The van der Waals surface area contributed by atoms with E-state index in [1.165, 1.54) is 13.8 Å². The number of carbonyl (C=O) groups is 2. The van der Waals surface area contributed by atoms with Gasteiger partial charge < -0.3 is 4.40 Å². The number of rotatable bonds is 4. The second kappa shape index (κ2) is 5.50. The largest absolute Gasteiger partial charge is 0.313 e. The lowest BCUT2D eigenvalue weighted by atomic mass is 10.0. The van der Waals surface area contributed by atoms with Crippen molar-refractivity contribution in [3.8, 4) is 11.3 Å². The fraction of sp³-hybridized carbons (Fsp3) is 0.278. The van der Waals surface area contributed by atoms with Crippen molar-refractivity contribution in [1.82, 2.24) is 14.2 Å². The Morgan fingerprint density at radius 1 is 1.17 bits per heavy atom. The molecule has 0 aliphatic rings. The lowest BCUT2D eigenvalue weighted by Gasteiger charge is -2.10. The van der Waals surface area contributed by atoms with Crippen molar-refractivity contribution in [3.05, 3.63) is 47.4 Å². The minimum absolute atomic E-state index is 0.0335. The molecule has 0 aliphatic heterocycles. The van der Waals surface area contributed by atoms with E-state index < -0.39 is 0 Å². The van der Waals surface area contributed by atoms with Crippen LogP contribution in [0.1, 0.15) is 47.2 Å². The fourth-order valence-electron chi connectivity index (χ4n) is 3.12. The molecule has 0 bridgehead atoms. The summed E-state index contributed by atoms with van der Waals surface area (Å²) in [5.41, 5.74) is 4.69. The van der Waals surface area contributed by atoms with Crippen LogP contribution in [0.25, 0.3) is 16.8 Å². The molecule has 0 aromatic carbocycles. The average molecular weight is 309 g/mol. The SMILES string of the molecule is CCn1nccc1-c1cc2cc(C(C)=O)c(C)c(C(C)=O)n2c1. The Balaban J connectivity index is 2.33. The molecule has 5 nitrogen and oxygen atoms in total. The van der Waals surface area contributed by atoms with Gasteiger partial charge in [0.25, 0.3) is 0 Å². The fourth-order valence-corrected chi connectivity index (χ4v) is 3.12. The summed E-state index contributed by atoms with van der Waals surface area (Å²) in [4.78, 5) is 24.0. The highest BCUT2D eigenvalue weighted by Gasteiger charge is 2.18. The Morgan fingerprint density at radius 3 is 2.52 bits per heavy atom. The Bertz CT molecular complexity index is 931. The van der Waals surface area contributed by atoms with Crippen LogP contribution in [-0.2, 0) is 6.54 Å². The van der Waals surface area contributed by atoms with E-state index in [0.717, 1.165) is 28.9 Å². The first-order valence-corrected chi connectivity index (χ1v) is 7.63.